The van der Waals surface area contributed by atoms with Gasteiger partial charge in [0.25, 0.3) is 0 Å². The molecule has 0 aliphatic rings. The van der Waals surface area contributed by atoms with Gasteiger partial charge in [0.1, 0.15) is 34.6 Å². The fourth-order valence-corrected chi connectivity index (χ4v) is 10.6. The zero-order valence-corrected chi connectivity index (χ0v) is 50.5. The second-order valence-electron chi connectivity index (χ2n) is 22.3. The largest absolute Gasteiger partial charge is 0.423 e. The van der Waals surface area contributed by atoms with E-state index in [-0.39, 0.29) is 39.1 Å². The van der Waals surface area contributed by atoms with Gasteiger partial charge < -0.3 is 18.9 Å². The Labute approximate surface area is 507 Å². The Morgan fingerprint density at radius 2 is 0.600 bits per heavy atom. The normalized spacial score (nSPS) is 11.1. The summed E-state index contributed by atoms with van der Waals surface area (Å²) in [5, 5.41) is -0.0177. The van der Waals surface area contributed by atoms with E-state index in [9.17, 15) is 19.2 Å². The highest BCUT2D eigenvalue weighted by atomic mass is 35.5. The lowest BCUT2D eigenvalue weighted by molar-refractivity contribution is 0.0720. The van der Waals surface area contributed by atoms with E-state index in [2.05, 4.69) is 62.4 Å². The van der Waals surface area contributed by atoms with Crippen LogP contribution in [-0.4, -0.2) is 23.9 Å². The number of esters is 4. The minimum atomic E-state index is -1.13. The van der Waals surface area contributed by atoms with Crippen LogP contribution >= 0.6 is 11.6 Å². The zero-order chi connectivity index (χ0) is 60.0. The van der Waals surface area contributed by atoms with Crippen LogP contribution in [0.3, 0.4) is 0 Å². The smallest absolute Gasteiger partial charge is 0.346 e. The predicted molar refractivity (Wildman–Crippen MR) is 337 cm³/mol. The Bertz CT molecular complexity index is 2980. The molecule has 0 aliphatic carbocycles. The van der Waals surface area contributed by atoms with Gasteiger partial charge in [-0.05, 0) is 120 Å². The second-order valence-corrected chi connectivity index (χ2v) is 22.7. The summed E-state index contributed by atoms with van der Waals surface area (Å²) in [6.07, 6.45) is 33.9. The van der Waals surface area contributed by atoms with Gasteiger partial charge in [0.05, 0.1) is 22.3 Å². The Hall–Kier alpha value is -7.43. The molecular formula is C74H83ClF2O8. The van der Waals surface area contributed by atoms with Crippen LogP contribution in [0.2, 0.25) is 5.02 Å². The number of benzene rings is 7. The summed E-state index contributed by atoms with van der Waals surface area (Å²) in [6.45, 7) is 4.52. The molecule has 0 aliphatic heterocycles. The molecule has 0 radical (unpaired) electrons. The molecule has 0 spiro atoms. The van der Waals surface area contributed by atoms with Gasteiger partial charge >= 0.3 is 23.9 Å². The molecule has 7 rings (SSSR count). The number of aryl methyl sites for hydroxylation is 2. The van der Waals surface area contributed by atoms with Crippen molar-refractivity contribution >= 4 is 35.5 Å². The number of hydrogen-bond acceptors (Lipinski definition) is 8. The number of carbonyl (C=O) groups excluding carboxylic acids is 4. The van der Waals surface area contributed by atoms with Gasteiger partial charge in [-0.2, -0.15) is 0 Å². The molecule has 85 heavy (non-hydrogen) atoms. The molecule has 448 valence electrons. The van der Waals surface area contributed by atoms with Crippen LogP contribution in [0, 0.1) is 11.6 Å². The molecule has 11 heteroatoms. The highest BCUT2D eigenvalue weighted by Crippen LogP contribution is 2.31. The Morgan fingerprint density at radius 1 is 0.318 bits per heavy atom. The number of halogens is 3. The van der Waals surface area contributed by atoms with Crippen molar-refractivity contribution in [2.45, 2.75) is 181 Å². The average molecular weight is 1170 g/mol. The summed E-state index contributed by atoms with van der Waals surface area (Å²) < 4.78 is 52.4. The van der Waals surface area contributed by atoms with Crippen molar-refractivity contribution < 1.29 is 46.9 Å². The first kappa shape index (κ1) is 65.1. The Kier molecular flexibility index (Phi) is 27.4. The summed E-state index contributed by atoms with van der Waals surface area (Å²) in [6, 6.07) is 41.0. The highest BCUT2D eigenvalue weighted by Gasteiger charge is 2.21. The summed E-state index contributed by atoms with van der Waals surface area (Å²) in [4.78, 5) is 52.5. The molecule has 0 amide bonds. The molecule has 0 heterocycles. The maximum atomic E-state index is 15.4. The minimum absolute atomic E-state index is 0.0177. The number of unbranched alkanes of at least 4 members (excludes halogenated alkanes) is 22. The Morgan fingerprint density at radius 3 is 0.906 bits per heavy atom. The molecule has 0 saturated heterocycles. The minimum Gasteiger partial charge on any atom is -0.423 e. The van der Waals surface area contributed by atoms with E-state index < -0.39 is 46.6 Å². The van der Waals surface area contributed by atoms with Crippen LogP contribution in [0.5, 0.6) is 23.0 Å². The summed E-state index contributed by atoms with van der Waals surface area (Å²) >= 11 is 6.27. The SMILES string of the molecule is CCCCCCCCCCCCCCc1ccc(-c2ccc(C(=O)Oc3ccc(C(=O)Oc4cc(Cl)cc(OC(=O)c5ccc(OC(=O)c6ccc(-c7ccc(CCCCCCCCCCCCCC)cc7)cc6)cc5F)c4)c(F)c3)cc2)cc1. The second kappa shape index (κ2) is 35.8. The van der Waals surface area contributed by atoms with Crippen molar-refractivity contribution in [1.29, 1.82) is 0 Å². The Balaban J connectivity index is 0.813. The standard InChI is InChI=1S/C74H83ClF2O8/c1-3-5-7-9-11-13-15-17-19-21-23-25-27-54-29-33-56(34-30-54)58-37-41-60(42-38-58)71(78)82-63-45-47-67(69(76)52-63)73(80)84-65-49-62(75)50-66(51-65)85-74(81)68-48-46-64(53-70(68)77)83-72(79)61-43-39-59(40-44-61)57-35-31-55(32-36-57)28-26-24-22-20-18-16-14-12-10-8-6-4-2/h29-53H,3-28H2,1-2H3. The van der Waals surface area contributed by atoms with E-state index in [1.54, 1.807) is 24.3 Å². The summed E-state index contributed by atoms with van der Waals surface area (Å²) in [5.41, 5.74) is 6.05. The third-order valence-corrected chi connectivity index (χ3v) is 15.7. The maximum Gasteiger partial charge on any atom is 0.346 e. The van der Waals surface area contributed by atoms with Crippen molar-refractivity contribution in [2.24, 2.45) is 0 Å². The van der Waals surface area contributed by atoms with Crippen molar-refractivity contribution in [3.63, 3.8) is 0 Å². The summed E-state index contributed by atoms with van der Waals surface area (Å²) in [7, 11) is 0. The van der Waals surface area contributed by atoms with Crippen LogP contribution in [0.4, 0.5) is 8.78 Å². The van der Waals surface area contributed by atoms with Gasteiger partial charge in [0.15, 0.2) is 0 Å². The molecular weight excluding hydrogens is 1090 g/mol. The van der Waals surface area contributed by atoms with Crippen molar-refractivity contribution in [1.82, 2.24) is 0 Å². The molecule has 0 bridgehead atoms. The van der Waals surface area contributed by atoms with E-state index in [1.165, 1.54) is 189 Å². The average Bonchev–Trinajstić information content (AvgIpc) is 3.62. The van der Waals surface area contributed by atoms with Crippen LogP contribution < -0.4 is 18.9 Å². The molecule has 0 fully saturated rings. The monoisotopic (exact) mass is 1170 g/mol. The molecule has 0 unspecified atom stereocenters. The molecule has 7 aromatic rings. The first-order valence-electron chi connectivity index (χ1n) is 31.1. The van der Waals surface area contributed by atoms with Gasteiger partial charge in [-0.15, -0.1) is 0 Å². The number of carbonyl (C=O) groups is 4. The van der Waals surface area contributed by atoms with E-state index in [0.717, 1.165) is 65.4 Å². The molecule has 0 N–H and O–H groups in total. The zero-order valence-electron chi connectivity index (χ0n) is 49.7. The van der Waals surface area contributed by atoms with Gasteiger partial charge in [0.2, 0.25) is 0 Å². The molecule has 0 aromatic heterocycles. The van der Waals surface area contributed by atoms with Crippen LogP contribution in [-0.2, 0) is 12.8 Å². The fourth-order valence-electron chi connectivity index (χ4n) is 10.4. The lowest BCUT2D eigenvalue weighted by atomic mass is 10.00. The topological polar surface area (TPSA) is 105 Å². The van der Waals surface area contributed by atoms with Crippen molar-refractivity contribution in [3.05, 3.63) is 202 Å². The van der Waals surface area contributed by atoms with Crippen molar-refractivity contribution in [3.8, 4) is 45.3 Å². The third-order valence-electron chi connectivity index (χ3n) is 15.5. The van der Waals surface area contributed by atoms with Gasteiger partial charge in [-0.3, -0.25) is 0 Å². The maximum absolute atomic E-state index is 15.4. The van der Waals surface area contributed by atoms with Crippen LogP contribution in [0.25, 0.3) is 22.3 Å². The quantitative estimate of drug-likeness (QED) is 0.0217. The third kappa shape index (κ3) is 22.2. The molecule has 0 atom stereocenters. The lowest BCUT2D eigenvalue weighted by Crippen LogP contribution is -2.13. The molecule has 7 aromatic carbocycles. The number of ether oxygens (including phenoxy) is 4. The number of rotatable bonds is 36. The first-order chi connectivity index (χ1) is 41.5. The van der Waals surface area contributed by atoms with E-state index in [0.29, 0.717) is 0 Å². The number of hydrogen-bond donors (Lipinski definition) is 0. The highest BCUT2D eigenvalue weighted by molar-refractivity contribution is 6.31. The van der Waals surface area contributed by atoms with E-state index in [1.807, 2.05) is 24.3 Å². The van der Waals surface area contributed by atoms with Crippen LogP contribution in [0.1, 0.15) is 221 Å². The predicted octanol–water partition coefficient (Wildman–Crippen LogP) is 21.3. The van der Waals surface area contributed by atoms with Gasteiger partial charge in [-0.25, -0.2) is 28.0 Å². The fraction of sp³-hybridized carbons (Fsp3) is 0.378. The van der Waals surface area contributed by atoms with E-state index in [4.69, 9.17) is 30.5 Å². The van der Waals surface area contributed by atoms with Crippen LogP contribution in [0.15, 0.2) is 152 Å². The van der Waals surface area contributed by atoms with Crippen molar-refractivity contribution in [2.75, 3.05) is 0 Å². The van der Waals surface area contributed by atoms with Gasteiger partial charge in [-0.1, -0.05) is 240 Å². The lowest BCUT2D eigenvalue weighted by Gasteiger charge is -2.11. The molecule has 8 nitrogen and oxygen atoms in total. The van der Waals surface area contributed by atoms with Gasteiger partial charge in [0, 0.05) is 23.2 Å². The summed E-state index contributed by atoms with van der Waals surface area (Å²) in [5.74, 6) is -6.43. The molecule has 0 saturated carbocycles. The first-order valence-corrected chi connectivity index (χ1v) is 31.5. The van der Waals surface area contributed by atoms with E-state index >= 15 is 8.78 Å².